The molecule has 0 aromatic carbocycles. The Hall–Kier alpha value is -0.620. The molecule has 2 unspecified atom stereocenters. The number of sulfone groups is 1. The Bertz CT molecular complexity index is 284. The maximum absolute atomic E-state index is 11.1. The van der Waals surface area contributed by atoms with Crippen molar-refractivity contribution >= 4 is 15.7 Å². The van der Waals surface area contributed by atoms with Gasteiger partial charge in [-0.3, -0.25) is 4.79 Å². The Morgan fingerprint density at radius 3 is 2.29 bits per heavy atom. The molecular formula is C8H17NO4S. The molecule has 0 saturated heterocycles. The summed E-state index contributed by atoms with van der Waals surface area (Å²) in [5, 5.41) is 11.5. The predicted octanol–water partition coefficient (Wildman–Crippen LogP) is -0.693. The van der Waals surface area contributed by atoms with E-state index in [0.717, 1.165) is 6.26 Å². The molecule has 2 atom stereocenters. The number of aliphatic hydroxyl groups is 1. The molecule has 0 aliphatic carbocycles. The van der Waals surface area contributed by atoms with Crippen LogP contribution in [0.15, 0.2) is 0 Å². The molecule has 84 valence electrons. The van der Waals surface area contributed by atoms with Crippen LogP contribution < -0.4 is 5.32 Å². The van der Waals surface area contributed by atoms with Crippen molar-refractivity contribution in [2.75, 3.05) is 12.0 Å². The fraction of sp³-hybridized carbons (Fsp3) is 0.875. The molecule has 0 saturated carbocycles. The lowest BCUT2D eigenvalue weighted by Crippen LogP contribution is -2.38. The Morgan fingerprint density at radius 1 is 1.43 bits per heavy atom. The number of rotatable bonds is 5. The molecule has 0 aliphatic heterocycles. The molecule has 0 spiro atoms. The number of carbonyl (C=O) groups is 1. The SMILES string of the molecule is CC(O)CC(C)NC(=O)CS(C)(=O)=O. The van der Waals surface area contributed by atoms with Crippen LogP contribution in [0.1, 0.15) is 20.3 Å². The van der Waals surface area contributed by atoms with Crippen molar-refractivity contribution in [3.8, 4) is 0 Å². The highest BCUT2D eigenvalue weighted by Crippen LogP contribution is 1.96. The number of nitrogens with one attached hydrogen (secondary N) is 1. The van der Waals surface area contributed by atoms with E-state index in [1.807, 2.05) is 0 Å². The lowest BCUT2D eigenvalue weighted by atomic mass is 10.1. The second-order valence-corrected chi connectivity index (χ2v) is 5.76. The van der Waals surface area contributed by atoms with Crippen LogP contribution in [0, 0.1) is 0 Å². The monoisotopic (exact) mass is 223 g/mol. The molecule has 1 amide bonds. The summed E-state index contributed by atoms with van der Waals surface area (Å²) < 4.78 is 21.5. The highest BCUT2D eigenvalue weighted by Gasteiger charge is 2.14. The Morgan fingerprint density at radius 2 is 1.93 bits per heavy atom. The van der Waals surface area contributed by atoms with Gasteiger partial charge in [0, 0.05) is 12.3 Å². The summed E-state index contributed by atoms with van der Waals surface area (Å²) in [5.74, 6) is -1.03. The molecule has 0 rings (SSSR count). The van der Waals surface area contributed by atoms with Crippen LogP contribution in [0.3, 0.4) is 0 Å². The molecule has 2 N–H and O–H groups in total. The normalized spacial score (nSPS) is 16.0. The maximum atomic E-state index is 11.1. The van der Waals surface area contributed by atoms with Crippen molar-refractivity contribution in [3.05, 3.63) is 0 Å². The van der Waals surface area contributed by atoms with Crippen LogP contribution >= 0.6 is 0 Å². The van der Waals surface area contributed by atoms with Crippen LogP contribution in [0.2, 0.25) is 0 Å². The summed E-state index contributed by atoms with van der Waals surface area (Å²) in [6.07, 6.45) is 0.907. The van der Waals surface area contributed by atoms with Crippen molar-refractivity contribution in [2.24, 2.45) is 0 Å². The first-order valence-electron chi connectivity index (χ1n) is 4.36. The van der Waals surface area contributed by atoms with Crippen LogP contribution in [0.25, 0.3) is 0 Å². The van der Waals surface area contributed by atoms with Crippen molar-refractivity contribution < 1.29 is 18.3 Å². The predicted molar refractivity (Wildman–Crippen MR) is 53.6 cm³/mol. The summed E-state index contributed by atoms with van der Waals surface area (Å²) in [6, 6.07) is -0.218. The van der Waals surface area contributed by atoms with E-state index in [9.17, 15) is 13.2 Å². The van der Waals surface area contributed by atoms with Gasteiger partial charge in [-0.25, -0.2) is 8.42 Å². The van der Waals surface area contributed by atoms with Gasteiger partial charge >= 0.3 is 0 Å². The van der Waals surface area contributed by atoms with Crippen LogP contribution in [0.4, 0.5) is 0 Å². The van der Waals surface area contributed by atoms with Crippen molar-refractivity contribution in [3.63, 3.8) is 0 Å². The zero-order valence-corrected chi connectivity index (χ0v) is 9.47. The van der Waals surface area contributed by atoms with Crippen LogP contribution in [0.5, 0.6) is 0 Å². The smallest absolute Gasteiger partial charge is 0.235 e. The third kappa shape index (κ3) is 8.00. The van der Waals surface area contributed by atoms with E-state index in [1.54, 1.807) is 13.8 Å². The number of aliphatic hydroxyl groups excluding tert-OH is 1. The second kappa shape index (κ2) is 5.31. The topological polar surface area (TPSA) is 83.5 Å². The van der Waals surface area contributed by atoms with Crippen molar-refractivity contribution in [2.45, 2.75) is 32.4 Å². The van der Waals surface area contributed by atoms with Crippen LogP contribution in [-0.2, 0) is 14.6 Å². The molecular weight excluding hydrogens is 206 g/mol. The van der Waals surface area contributed by atoms with Gasteiger partial charge in [0.2, 0.25) is 5.91 Å². The second-order valence-electron chi connectivity index (χ2n) is 3.62. The standard InChI is InChI=1S/C8H17NO4S/c1-6(4-7(2)10)9-8(11)5-14(3,12)13/h6-7,10H,4-5H2,1-3H3,(H,9,11). The summed E-state index contributed by atoms with van der Waals surface area (Å²) in [5.41, 5.74) is 0. The third-order valence-electron chi connectivity index (χ3n) is 1.50. The molecule has 0 radical (unpaired) electrons. The highest BCUT2D eigenvalue weighted by molar-refractivity contribution is 7.91. The Labute approximate surface area is 84.4 Å². The quantitative estimate of drug-likeness (QED) is 0.646. The van der Waals surface area contributed by atoms with E-state index in [-0.39, 0.29) is 6.04 Å². The molecule has 0 bridgehead atoms. The summed E-state index contributed by atoms with van der Waals surface area (Å²) in [6.45, 7) is 3.33. The minimum Gasteiger partial charge on any atom is -0.393 e. The fourth-order valence-electron chi connectivity index (χ4n) is 1.13. The Kier molecular flexibility index (Phi) is 5.07. The summed E-state index contributed by atoms with van der Waals surface area (Å²) in [4.78, 5) is 11.1. The zero-order chi connectivity index (χ0) is 11.4. The average molecular weight is 223 g/mol. The molecule has 0 aromatic heterocycles. The molecule has 5 nitrogen and oxygen atoms in total. The first-order chi connectivity index (χ1) is 6.20. The maximum Gasteiger partial charge on any atom is 0.235 e. The first-order valence-corrected chi connectivity index (χ1v) is 6.42. The average Bonchev–Trinajstić information content (AvgIpc) is 1.77. The van der Waals surface area contributed by atoms with E-state index in [0.29, 0.717) is 6.42 Å². The van der Waals surface area contributed by atoms with E-state index < -0.39 is 27.6 Å². The Balaban J connectivity index is 3.95. The minimum absolute atomic E-state index is 0.218. The lowest BCUT2D eigenvalue weighted by Gasteiger charge is -2.14. The van der Waals surface area contributed by atoms with Gasteiger partial charge in [0.05, 0.1) is 6.10 Å². The number of hydrogen-bond donors (Lipinski definition) is 2. The molecule has 0 aliphatic rings. The van der Waals surface area contributed by atoms with Crippen molar-refractivity contribution in [1.82, 2.24) is 5.32 Å². The minimum atomic E-state index is -3.27. The molecule has 14 heavy (non-hydrogen) atoms. The fourth-order valence-corrected chi connectivity index (χ4v) is 1.68. The summed E-state index contributed by atoms with van der Waals surface area (Å²) in [7, 11) is -3.27. The van der Waals surface area contributed by atoms with Gasteiger partial charge < -0.3 is 10.4 Å². The van der Waals surface area contributed by atoms with E-state index in [2.05, 4.69) is 5.32 Å². The largest absolute Gasteiger partial charge is 0.393 e. The first kappa shape index (κ1) is 13.4. The van der Waals surface area contributed by atoms with Gasteiger partial charge in [0.1, 0.15) is 5.75 Å². The zero-order valence-electron chi connectivity index (χ0n) is 8.65. The molecule has 0 aromatic rings. The van der Waals surface area contributed by atoms with Gasteiger partial charge in [-0.2, -0.15) is 0 Å². The summed E-state index contributed by atoms with van der Waals surface area (Å²) >= 11 is 0. The lowest BCUT2D eigenvalue weighted by molar-refractivity contribution is -0.119. The van der Waals surface area contributed by atoms with Crippen LogP contribution in [-0.4, -0.2) is 43.6 Å². The number of carbonyl (C=O) groups excluding carboxylic acids is 1. The van der Waals surface area contributed by atoms with Gasteiger partial charge in [-0.05, 0) is 20.3 Å². The van der Waals surface area contributed by atoms with Gasteiger partial charge in [0.15, 0.2) is 9.84 Å². The number of hydrogen-bond acceptors (Lipinski definition) is 4. The molecule has 6 heteroatoms. The van der Waals surface area contributed by atoms with Gasteiger partial charge in [-0.1, -0.05) is 0 Å². The van der Waals surface area contributed by atoms with Gasteiger partial charge in [0.25, 0.3) is 0 Å². The van der Waals surface area contributed by atoms with Gasteiger partial charge in [-0.15, -0.1) is 0 Å². The van der Waals surface area contributed by atoms with E-state index in [1.165, 1.54) is 0 Å². The van der Waals surface area contributed by atoms with Crippen molar-refractivity contribution in [1.29, 1.82) is 0 Å². The highest BCUT2D eigenvalue weighted by atomic mass is 32.2. The number of amides is 1. The molecule has 0 heterocycles. The van der Waals surface area contributed by atoms with E-state index in [4.69, 9.17) is 5.11 Å². The van der Waals surface area contributed by atoms with E-state index >= 15 is 0 Å². The molecule has 0 fully saturated rings. The third-order valence-corrected chi connectivity index (χ3v) is 2.28.